The Kier molecular flexibility index (Phi) is 5.80. The number of nitrogens with one attached hydrogen (secondary N) is 2. The molecule has 22 heavy (non-hydrogen) atoms. The van der Waals surface area contributed by atoms with Gasteiger partial charge in [0.2, 0.25) is 5.91 Å². The second-order valence-corrected chi connectivity index (χ2v) is 6.14. The van der Waals surface area contributed by atoms with Gasteiger partial charge in [-0.05, 0) is 31.2 Å². The summed E-state index contributed by atoms with van der Waals surface area (Å²) in [7, 11) is 0. The average molecular weight is 324 g/mol. The molecule has 120 valence electrons. The maximum Gasteiger partial charge on any atom is 0.255 e. The summed E-state index contributed by atoms with van der Waals surface area (Å²) < 4.78 is 0. The topological polar surface area (TPSA) is 61.4 Å². The van der Waals surface area contributed by atoms with E-state index >= 15 is 0 Å². The Morgan fingerprint density at radius 1 is 1.27 bits per heavy atom. The zero-order chi connectivity index (χ0) is 16.1. The molecule has 0 aromatic heterocycles. The highest BCUT2D eigenvalue weighted by Crippen LogP contribution is 2.23. The number of nitrogens with zero attached hydrogens (tertiary/aromatic N) is 1. The van der Waals surface area contributed by atoms with Gasteiger partial charge in [-0.1, -0.05) is 25.4 Å². The molecule has 0 bridgehead atoms. The SMILES string of the molecule is CC(C)C(=O)Nc1ccc(Cl)c(C(=O)N2CCCNCC2)c1. The fourth-order valence-corrected chi connectivity index (χ4v) is 2.47. The molecule has 1 fully saturated rings. The molecule has 0 spiro atoms. The van der Waals surface area contributed by atoms with Crippen LogP contribution in [0.4, 0.5) is 5.69 Å². The third-order valence-electron chi connectivity index (χ3n) is 3.62. The predicted octanol–water partition coefficient (Wildman–Crippen LogP) is 2.37. The molecular formula is C16H22ClN3O2. The van der Waals surface area contributed by atoms with Gasteiger partial charge >= 0.3 is 0 Å². The van der Waals surface area contributed by atoms with Crippen LogP contribution < -0.4 is 10.6 Å². The largest absolute Gasteiger partial charge is 0.337 e. The van der Waals surface area contributed by atoms with Crippen LogP contribution in [0.5, 0.6) is 0 Å². The maximum atomic E-state index is 12.6. The van der Waals surface area contributed by atoms with E-state index in [1.807, 2.05) is 13.8 Å². The normalized spacial score (nSPS) is 15.5. The predicted molar refractivity (Wildman–Crippen MR) is 88.3 cm³/mol. The molecule has 2 rings (SSSR count). The van der Waals surface area contributed by atoms with Gasteiger partial charge in [-0.2, -0.15) is 0 Å². The molecule has 0 radical (unpaired) electrons. The number of anilines is 1. The van der Waals surface area contributed by atoms with Crippen LogP contribution in [0.3, 0.4) is 0 Å². The second-order valence-electron chi connectivity index (χ2n) is 5.73. The quantitative estimate of drug-likeness (QED) is 0.897. The average Bonchev–Trinajstić information content (AvgIpc) is 2.77. The first kappa shape index (κ1) is 16.8. The van der Waals surface area contributed by atoms with Crippen molar-refractivity contribution in [2.45, 2.75) is 20.3 Å². The third kappa shape index (κ3) is 4.21. The van der Waals surface area contributed by atoms with Crippen LogP contribution in [0.25, 0.3) is 0 Å². The van der Waals surface area contributed by atoms with Crippen molar-refractivity contribution in [3.05, 3.63) is 28.8 Å². The lowest BCUT2D eigenvalue weighted by Crippen LogP contribution is -2.34. The highest BCUT2D eigenvalue weighted by atomic mass is 35.5. The minimum Gasteiger partial charge on any atom is -0.337 e. The van der Waals surface area contributed by atoms with E-state index in [2.05, 4.69) is 10.6 Å². The van der Waals surface area contributed by atoms with E-state index in [1.165, 1.54) is 0 Å². The Morgan fingerprint density at radius 3 is 2.77 bits per heavy atom. The summed E-state index contributed by atoms with van der Waals surface area (Å²) in [6.45, 7) is 6.72. The smallest absolute Gasteiger partial charge is 0.255 e. The molecular weight excluding hydrogens is 302 g/mol. The fourth-order valence-electron chi connectivity index (χ4n) is 2.27. The van der Waals surface area contributed by atoms with Crippen LogP contribution >= 0.6 is 11.6 Å². The summed E-state index contributed by atoms with van der Waals surface area (Å²) in [6.07, 6.45) is 0.924. The van der Waals surface area contributed by atoms with Crippen molar-refractivity contribution < 1.29 is 9.59 Å². The Balaban J connectivity index is 2.18. The molecule has 2 amide bonds. The molecule has 2 N–H and O–H groups in total. The Morgan fingerprint density at radius 2 is 2.05 bits per heavy atom. The van der Waals surface area contributed by atoms with Gasteiger partial charge in [0.25, 0.3) is 5.91 Å². The zero-order valence-corrected chi connectivity index (χ0v) is 13.7. The van der Waals surface area contributed by atoms with Crippen LogP contribution in [0.1, 0.15) is 30.6 Å². The fraction of sp³-hybridized carbons (Fsp3) is 0.500. The lowest BCUT2D eigenvalue weighted by molar-refractivity contribution is -0.118. The summed E-state index contributed by atoms with van der Waals surface area (Å²) in [4.78, 5) is 26.2. The van der Waals surface area contributed by atoms with Gasteiger partial charge in [0.05, 0.1) is 10.6 Å². The van der Waals surface area contributed by atoms with Crippen molar-refractivity contribution in [3.8, 4) is 0 Å². The molecule has 1 aliphatic rings. The molecule has 1 aromatic rings. The van der Waals surface area contributed by atoms with E-state index < -0.39 is 0 Å². The lowest BCUT2D eigenvalue weighted by atomic mass is 10.1. The first-order valence-electron chi connectivity index (χ1n) is 7.59. The van der Waals surface area contributed by atoms with E-state index in [9.17, 15) is 9.59 Å². The van der Waals surface area contributed by atoms with Gasteiger partial charge in [0.15, 0.2) is 0 Å². The van der Waals surface area contributed by atoms with E-state index in [0.717, 1.165) is 19.5 Å². The second kappa shape index (κ2) is 7.61. The number of rotatable bonds is 3. The monoisotopic (exact) mass is 323 g/mol. The molecule has 1 saturated heterocycles. The van der Waals surface area contributed by atoms with Gasteiger partial charge < -0.3 is 15.5 Å². The Labute approximate surface area is 136 Å². The number of hydrogen-bond acceptors (Lipinski definition) is 3. The summed E-state index contributed by atoms with van der Waals surface area (Å²) >= 11 is 6.17. The minimum atomic E-state index is -0.119. The van der Waals surface area contributed by atoms with Crippen LogP contribution in [0.15, 0.2) is 18.2 Å². The number of hydrogen-bond donors (Lipinski definition) is 2. The molecule has 0 unspecified atom stereocenters. The zero-order valence-electron chi connectivity index (χ0n) is 13.0. The molecule has 0 aliphatic carbocycles. The van der Waals surface area contributed by atoms with Crippen LogP contribution in [0, 0.1) is 5.92 Å². The minimum absolute atomic E-state index is 0.0836. The number of carbonyl (C=O) groups excluding carboxylic acids is 2. The molecule has 6 heteroatoms. The van der Waals surface area contributed by atoms with Crippen molar-refractivity contribution in [2.75, 3.05) is 31.5 Å². The first-order valence-corrected chi connectivity index (χ1v) is 7.97. The van der Waals surface area contributed by atoms with Gasteiger partial charge in [0, 0.05) is 31.2 Å². The van der Waals surface area contributed by atoms with Crippen molar-refractivity contribution in [1.29, 1.82) is 0 Å². The number of amides is 2. The van der Waals surface area contributed by atoms with E-state index in [4.69, 9.17) is 11.6 Å². The highest BCUT2D eigenvalue weighted by Gasteiger charge is 2.20. The molecule has 1 aliphatic heterocycles. The summed E-state index contributed by atoms with van der Waals surface area (Å²) in [5.74, 6) is -0.291. The molecule has 5 nitrogen and oxygen atoms in total. The van der Waals surface area contributed by atoms with Crippen molar-refractivity contribution in [2.24, 2.45) is 5.92 Å². The van der Waals surface area contributed by atoms with E-state index in [1.54, 1.807) is 23.1 Å². The lowest BCUT2D eigenvalue weighted by Gasteiger charge is -2.21. The van der Waals surface area contributed by atoms with Crippen LogP contribution in [0.2, 0.25) is 5.02 Å². The molecule has 1 heterocycles. The standard InChI is InChI=1S/C16H22ClN3O2/c1-11(2)15(21)19-12-4-5-14(17)13(10-12)16(22)20-8-3-6-18-7-9-20/h4-5,10-11,18H,3,6-9H2,1-2H3,(H,19,21). The van der Waals surface area contributed by atoms with Crippen molar-refractivity contribution >= 4 is 29.1 Å². The third-order valence-corrected chi connectivity index (χ3v) is 3.95. The van der Waals surface area contributed by atoms with Crippen LogP contribution in [-0.4, -0.2) is 42.9 Å². The Hall–Kier alpha value is -1.59. The molecule has 0 atom stereocenters. The molecule has 1 aromatic carbocycles. The van der Waals surface area contributed by atoms with Gasteiger partial charge in [-0.15, -0.1) is 0 Å². The van der Waals surface area contributed by atoms with Gasteiger partial charge in [-0.25, -0.2) is 0 Å². The number of benzene rings is 1. The highest BCUT2D eigenvalue weighted by molar-refractivity contribution is 6.34. The summed E-state index contributed by atoms with van der Waals surface area (Å²) in [5, 5.41) is 6.47. The van der Waals surface area contributed by atoms with Crippen molar-refractivity contribution in [1.82, 2.24) is 10.2 Å². The molecule has 0 saturated carbocycles. The number of carbonyl (C=O) groups is 2. The van der Waals surface area contributed by atoms with Gasteiger partial charge in [-0.3, -0.25) is 9.59 Å². The first-order chi connectivity index (χ1) is 10.5. The summed E-state index contributed by atoms with van der Waals surface area (Å²) in [5.41, 5.74) is 1.03. The van der Waals surface area contributed by atoms with E-state index in [0.29, 0.717) is 29.4 Å². The Bertz CT molecular complexity index is 552. The number of halogens is 1. The maximum absolute atomic E-state index is 12.6. The van der Waals surface area contributed by atoms with Crippen molar-refractivity contribution in [3.63, 3.8) is 0 Å². The van der Waals surface area contributed by atoms with Crippen LogP contribution in [-0.2, 0) is 4.79 Å². The van der Waals surface area contributed by atoms with E-state index in [-0.39, 0.29) is 17.7 Å². The van der Waals surface area contributed by atoms with Gasteiger partial charge in [0.1, 0.15) is 0 Å². The summed E-state index contributed by atoms with van der Waals surface area (Å²) in [6, 6.07) is 5.02.